The van der Waals surface area contributed by atoms with Gasteiger partial charge in [-0.3, -0.25) is 4.68 Å². The average Bonchev–Trinajstić information content (AvgIpc) is 2.81. The molecule has 1 N–H and O–H groups in total. The standard InChI is InChI=1S/C13H16N2O2S/c1-13(2,3)11-8(7-15(4)14-11)9-5-6-10(18-9)12(16)17/h5-7H,1-4H3,(H,16,17). The molecule has 0 saturated carbocycles. The quantitative estimate of drug-likeness (QED) is 0.906. The summed E-state index contributed by atoms with van der Waals surface area (Å²) >= 11 is 1.28. The third-order valence-electron chi connectivity index (χ3n) is 2.62. The number of hydrogen-bond donors (Lipinski definition) is 1. The molecule has 0 aliphatic carbocycles. The van der Waals surface area contributed by atoms with Gasteiger partial charge < -0.3 is 5.11 Å². The lowest BCUT2D eigenvalue weighted by Crippen LogP contribution is -2.13. The number of carboxylic acid groups (broad SMARTS) is 1. The van der Waals surface area contributed by atoms with Crippen LogP contribution in [0.15, 0.2) is 18.3 Å². The smallest absolute Gasteiger partial charge is 0.345 e. The van der Waals surface area contributed by atoms with E-state index in [1.54, 1.807) is 10.7 Å². The molecule has 5 heteroatoms. The minimum Gasteiger partial charge on any atom is -0.477 e. The summed E-state index contributed by atoms with van der Waals surface area (Å²) in [5, 5.41) is 13.5. The zero-order valence-electron chi connectivity index (χ0n) is 10.9. The highest BCUT2D eigenvalue weighted by atomic mass is 32.1. The average molecular weight is 264 g/mol. The van der Waals surface area contributed by atoms with Crippen molar-refractivity contribution in [1.29, 1.82) is 0 Å². The van der Waals surface area contributed by atoms with Crippen LogP contribution in [0.2, 0.25) is 0 Å². The third-order valence-corrected chi connectivity index (χ3v) is 3.73. The van der Waals surface area contributed by atoms with Crippen LogP contribution in [0.3, 0.4) is 0 Å². The molecule has 0 aliphatic rings. The molecule has 2 rings (SSSR count). The van der Waals surface area contributed by atoms with Crippen molar-refractivity contribution in [2.24, 2.45) is 7.05 Å². The first kappa shape index (κ1) is 12.8. The van der Waals surface area contributed by atoms with E-state index in [0.717, 1.165) is 16.1 Å². The van der Waals surface area contributed by atoms with Gasteiger partial charge in [-0.2, -0.15) is 5.10 Å². The normalized spacial score (nSPS) is 11.8. The maximum Gasteiger partial charge on any atom is 0.345 e. The molecule has 0 amide bonds. The van der Waals surface area contributed by atoms with Gasteiger partial charge >= 0.3 is 5.97 Å². The lowest BCUT2D eigenvalue weighted by Gasteiger charge is -2.16. The minimum absolute atomic E-state index is 0.0655. The second kappa shape index (κ2) is 4.24. The lowest BCUT2D eigenvalue weighted by atomic mass is 9.89. The molecular formula is C13H16N2O2S. The number of carboxylic acids is 1. The summed E-state index contributed by atoms with van der Waals surface area (Å²) in [4.78, 5) is 12.2. The number of thiophene rings is 1. The molecule has 2 heterocycles. The highest BCUT2D eigenvalue weighted by Crippen LogP contribution is 2.35. The molecule has 0 spiro atoms. The Hall–Kier alpha value is -1.62. The van der Waals surface area contributed by atoms with Crippen LogP contribution in [0.5, 0.6) is 0 Å². The fraction of sp³-hybridized carbons (Fsp3) is 0.385. The highest BCUT2D eigenvalue weighted by Gasteiger charge is 2.23. The molecule has 2 aromatic rings. The Labute approximate surface area is 110 Å². The number of aromatic nitrogens is 2. The second-order valence-corrected chi connectivity index (χ2v) is 6.37. The first-order valence-electron chi connectivity index (χ1n) is 5.66. The van der Waals surface area contributed by atoms with Gasteiger partial charge in [-0.05, 0) is 12.1 Å². The summed E-state index contributed by atoms with van der Waals surface area (Å²) in [6.45, 7) is 6.31. The summed E-state index contributed by atoms with van der Waals surface area (Å²) in [5.41, 5.74) is 1.94. The van der Waals surface area contributed by atoms with E-state index in [4.69, 9.17) is 5.11 Å². The van der Waals surface area contributed by atoms with Gasteiger partial charge in [0.15, 0.2) is 0 Å². The molecule has 0 bridgehead atoms. The first-order valence-corrected chi connectivity index (χ1v) is 6.48. The molecule has 18 heavy (non-hydrogen) atoms. The SMILES string of the molecule is Cn1cc(-c2ccc(C(=O)O)s2)c(C(C)(C)C)n1. The van der Waals surface area contributed by atoms with Crippen molar-refractivity contribution < 1.29 is 9.90 Å². The number of rotatable bonds is 2. The van der Waals surface area contributed by atoms with Gasteiger partial charge in [0.05, 0.1) is 5.69 Å². The topological polar surface area (TPSA) is 55.1 Å². The van der Waals surface area contributed by atoms with Crippen LogP contribution in [0.4, 0.5) is 0 Å². The van der Waals surface area contributed by atoms with E-state index in [0.29, 0.717) is 4.88 Å². The Balaban J connectivity index is 2.53. The van der Waals surface area contributed by atoms with E-state index in [2.05, 4.69) is 25.9 Å². The summed E-state index contributed by atoms with van der Waals surface area (Å²) in [6, 6.07) is 3.49. The fourth-order valence-corrected chi connectivity index (χ4v) is 2.68. The van der Waals surface area contributed by atoms with Gasteiger partial charge in [0.1, 0.15) is 4.88 Å². The predicted octanol–water partition coefficient (Wildman–Crippen LogP) is 3.14. The van der Waals surface area contributed by atoms with Crippen molar-refractivity contribution in [3.63, 3.8) is 0 Å². The summed E-state index contributed by atoms with van der Waals surface area (Å²) in [5.74, 6) is -0.882. The van der Waals surface area contributed by atoms with E-state index in [9.17, 15) is 4.79 Å². The van der Waals surface area contributed by atoms with Gasteiger partial charge in [-0.25, -0.2) is 4.79 Å². The lowest BCUT2D eigenvalue weighted by molar-refractivity contribution is 0.0702. The van der Waals surface area contributed by atoms with Crippen LogP contribution < -0.4 is 0 Å². The predicted molar refractivity (Wildman–Crippen MR) is 72.2 cm³/mol. The third kappa shape index (κ3) is 2.31. The van der Waals surface area contributed by atoms with Crippen LogP contribution in [0.25, 0.3) is 10.4 Å². The van der Waals surface area contributed by atoms with Crippen LogP contribution >= 0.6 is 11.3 Å². The van der Waals surface area contributed by atoms with E-state index < -0.39 is 5.97 Å². The maximum absolute atomic E-state index is 10.9. The zero-order valence-corrected chi connectivity index (χ0v) is 11.7. The Morgan fingerprint density at radius 3 is 2.56 bits per heavy atom. The number of nitrogens with zero attached hydrogens (tertiary/aromatic N) is 2. The molecule has 4 nitrogen and oxygen atoms in total. The Morgan fingerprint density at radius 2 is 2.06 bits per heavy atom. The number of aryl methyl sites for hydroxylation is 1. The molecule has 0 saturated heterocycles. The number of carbonyl (C=O) groups is 1. The molecule has 0 aliphatic heterocycles. The largest absolute Gasteiger partial charge is 0.477 e. The molecule has 96 valence electrons. The van der Waals surface area contributed by atoms with E-state index in [1.807, 2.05) is 19.3 Å². The Kier molecular flexibility index (Phi) is 3.02. The van der Waals surface area contributed by atoms with Crippen molar-refractivity contribution in [3.05, 3.63) is 28.9 Å². The van der Waals surface area contributed by atoms with Crippen LogP contribution in [0.1, 0.15) is 36.1 Å². The molecule has 0 fully saturated rings. The Bertz CT molecular complexity index is 590. The summed E-state index contributed by atoms with van der Waals surface area (Å²) in [7, 11) is 1.88. The van der Waals surface area contributed by atoms with Gasteiger partial charge in [-0.1, -0.05) is 20.8 Å². The van der Waals surface area contributed by atoms with E-state index >= 15 is 0 Å². The molecule has 0 unspecified atom stereocenters. The van der Waals surface area contributed by atoms with Gasteiger partial charge in [-0.15, -0.1) is 11.3 Å². The van der Waals surface area contributed by atoms with Crippen molar-refractivity contribution in [2.45, 2.75) is 26.2 Å². The molecule has 0 atom stereocenters. The van der Waals surface area contributed by atoms with Crippen molar-refractivity contribution >= 4 is 17.3 Å². The van der Waals surface area contributed by atoms with E-state index in [-0.39, 0.29) is 5.41 Å². The van der Waals surface area contributed by atoms with E-state index in [1.165, 1.54) is 11.3 Å². The van der Waals surface area contributed by atoms with Gasteiger partial charge in [0.2, 0.25) is 0 Å². The monoisotopic (exact) mass is 264 g/mol. The van der Waals surface area contributed by atoms with Crippen LogP contribution in [0, 0.1) is 0 Å². The van der Waals surface area contributed by atoms with Crippen molar-refractivity contribution in [2.75, 3.05) is 0 Å². The number of hydrogen-bond acceptors (Lipinski definition) is 3. The van der Waals surface area contributed by atoms with Crippen LogP contribution in [-0.2, 0) is 12.5 Å². The molecular weight excluding hydrogens is 248 g/mol. The number of aromatic carboxylic acids is 1. The summed E-state index contributed by atoms with van der Waals surface area (Å²) < 4.78 is 1.77. The van der Waals surface area contributed by atoms with Crippen molar-refractivity contribution in [3.8, 4) is 10.4 Å². The molecule has 2 aromatic heterocycles. The summed E-state index contributed by atoms with van der Waals surface area (Å²) in [6.07, 6.45) is 1.94. The van der Waals surface area contributed by atoms with Gasteiger partial charge in [0, 0.05) is 29.1 Å². The zero-order chi connectivity index (χ0) is 13.5. The fourth-order valence-electron chi connectivity index (χ4n) is 1.82. The van der Waals surface area contributed by atoms with Crippen molar-refractivity contribution in [1.82, 2.24) is 9.78 Å². The molecule has 0 aromatic carbocycles. The Morgan fingerprint density at radius 1 is 1.39 bits per heavy atom. The van der Waals surface area contributed by atoms with Gasteiger partial charge in [0.25, 0.3) is 0 Å². The van der Waals surface area contributed by atoms with Crippen LogP contribution in [-0.4, -0.2) is 20.9 Å². The second-order valence-electron chi connectivity index (χ2n) is 5.28. The first-order chi connectivity index (χ1) is 8.29. The minimum atomic E-state index is -0.882. The molecule has 0 radical (unpaired) electrons. The highest BCUT2D eigenvalue weighted by molar-refractivity contribution is 7.17. The maximum atomic E-state index is 10.9.